The molecular formula is C15H30N4O. The second-order valence-electron chi connectivity index (χ2n) is 7.16. The average Bonchev–Trinajstić information content (AvgIpc) is 2.33. The number of primary amides is 1. The van der Waals surface area contributed by atoms with Crippen LogP contribution in [0.1, 0.15) is 44.9 Å². The lowest BCUT2D eigenvalue weighted by molar-refractivity contribution is -0.125. The van der Waals surface area contributed by atoms with Crippen molar-refractivity contribution in [3.05, 3.63) is 0 Å². The van der Waals surface area contributed by atoms with E-state index in [4.69, 9.17) is 11.5 Å². The van der Waals surface area contributed by atoms with E-state index in [1.807, 2.05) is 0 Å². The highest BCUT2D eigenvalue weighted by Gasteiger charge is 2.43. The number of carbonyl (C=O) groups excluding carboxylic acids is 1. The number of nitrogens with two attached hydrogens (primary N) is 2. The largest absolute Gasteiger partial charge is 0.368 e. The monoisotopic (exact) mass is 282 g/mol. The summed E-state index contributed by atoms with van der Waals surface area (Å²) in [6.07, 6.45) is 7.38. The summed E-state index contributed by atoms with van der Waals surface area (Å²) in [7, 11) is 6.51. The van der Waals surface area contributed by atoms with Crippen LogP contribution in [0.25, 0.3) is 0 Å². The Kier molecular flexibility index (Phi) is 4.42. The van der Waals surface area contributed by atoms with Crippen LogP contribution in [0.5, 0.6) is 0 Å². The Balaban J connectivity index is 1.98. The molecule has 2 saturated carbocycles. The fourth-order valence-electron chi connectivity index (χ4n) is 3.80. The number of hydrogen-bond acceptors (Lipinski definition) is 4. The molecule has 1 amide bonds. The van der Waals surface area contributed by atoms with E-state index in [2.05, 4.69) is 30.9 Å². The number of hydrogen-bond donors (Lipinski definition) is 2. The Morgan fingerprint density at radius 2 is 1.85 bits per heavy atom. The lowest BCUT2D eigenvalue weighted by Gasteiger charge is -2.51. The average molecular weight is 282 g/mol. The topological polar surface area (TPSA) is 75.6 Å². The summed E-state index contributed by atoms with van der Waals surface area (Å²) < 4.78 is 0. The van der Waals surface area contributed by atoms with Crippen LogP contribution < -0.4 is 11.5 Å². The summed E-state index contributed by atoms with van der Waals surface area (Å²) >= 11 is 0. The van der Waals surface area contributed by atoms with Gasteiger partial charge in [0.15, 0.2) is 0 Å². The van der Waals surface area contributed by atoms with Crippen LogP contribution in [0.3, 0.4) is 0 Å². The molecule has 0 saturated heterocycles. The maximum Gasteiger partial charge on any atom is 0.237 e. The molecule has 2 fully saturated rings. The smallest absolute Gasteiger partial charge is 0.237 e. The van der Waals surface area contributed by atoms with Crippen LogP contribution >= 0.6 is 0 Å². The van der Waals surface area contributed by atoms with Crippen molar-refractivity contribution in [2.24, 2.45) is 11.5 Å². The Hall–Kier alpha value is -0.650. The number of carbonyl (C=O) groups is 1. The molecule has 116 valence electrons. The van der Waals surface area contributed by atoms with E-state index in [-0.39, 0.29) is 5.91 Å². The Bertz CT molecular complexity index is 367. The molecule has 0 radical (unpaired) electrons. The molecule has 0 aliphatic heterocycles. The van der Waals surface area contributed by atoms with Gasteiger partial charge in [-0.3, -0.25) is 4.79 Å². The second kappa shape index (κ2) is 5.62. The first-order chi connectivity index (χ1) is 9.29. The molecular weight excluding hydrogens is 252 g/mol. The van der Waals surface area contributed by atoms with Crippen LogP contribution in [-0.2, 0) is 4.79 Å². The van der Waals surface area contributed by atoms with E-state index in [9.17, 15) is 4.79 Å². The fourth-order valence-corrected chi connectivity index (χ4v) is 3.80. The van der Waals surface area contributed by atoms with Crippen molar-refractivity contribution < 1.29 is 4.79 Å². The predicted molar refractivity (Wildman–Crippen MR) is 81.3 cm³/mol. The lowest BCUT2D eigenvalue weighted by Crippen LogP contribution is -2.61. The van der Waals surface area contributed by atoms with Gasteiger partial charge in [0.25, 0.3) is 0 Å². The molecule has 2 aliphatic rings. The van der Waals surface area contributed by atoms with Gasteiger partial charge in [0.05, 0.1) is 5.54 Å². The summed E-state index contributed by atoms with van der Waals surface area (Å²) in [5.74, 6) is -0.346. The first kappa shape index (κ1) is 15.7. The highest BCUT2D eigenvalue weighted by atomic mass is 16.1. The molecule has 0 aromatic carbocycles. The van der Waals surface area contributed by atoms with Gasteiger partial charge in [0, 0.05) is 18.1 Å². The molecule has 20 heavy (non-hydrogen) atoms. The van der Waals surface area contributed by atoms with Crippen molar-refractivity contribution in [2.45, 2.75) is 62.1 Å². The molecule has 2 rings (SSSR count). The molecule has 0 spiro atoms. The van der Waals surface area contributed by atoms with Gasteiger partial charge >= 0.3 is 0 Å². The third-order valence-electron chi connectivity index (χ3n) is 5.65. The molecule has 0 bridgehead atoms. The first-order valence-corrected chi connectivity index (χ1v) is 7.76. The van der Waals surface area contributed by atoms with Gasteiger partial charge in [-0.1, -0.05) is 0 Å². The van der Waals surface area contributed by atoms with Crippen LogP contribution in [0.2, 0.25) is 0 Å². The zero-order valence-corrected chi connectivity index (χ0v) is 13.2. The third-order valence-corrected chi connectivity index (χ3v) is 5.65. The summed E-state index contributed by atoms with van der Waals surface area (Å²) in [5.41, 5.74) is 11.2. The number of likely N-dealkylation sites (N-methyl/N-ethyl adjacent to an activating group) is 2. The van der Waals surface area contributed by atoms with Gasteiger partial charge in [-0.05, 0) is 66.1 Å². The van der Waals surface area contributed by atoms with E-state index in [1.165, 1.54) is 19.3 Å². The standard InChI is InChI=1S/C15H30N4O/c1-18(2)14(7-5-8-14)11-19(3)12-6-4-9-15(17,10-12)13(16)20/h12H,4-11,17H2,1-3H3,(H2,16,20). The molecule has 2 unspecified atom stereocenters. The number of rotatable bonds is 5. The minimum Gasteiger partial charge on any atom is -0.368 e. The highest BCUT2D eigenvalue weighted by molar-refractivity contribution is 5.84. The van der Waals surface area contributed by atoms with E-state index in [0.717, 1.165) is 25.8 Å². The quantitative estimate of drug-likeness (QED) is 0.771. The number of nitrogens with zero attached hydrogens (tertiary/aromatic N) is 2. The summed E-state index contributed by atoms with van der Waals surface area (Å²) in [5, 5.41) is 0. The van der Waals surface area contributed by atoms with Crippen molar-refractivity contribution in [3.8, 4) is 0 Å². The summed E-state index contributed by atoms with van der Waals surface area (Å²) in [6.45, 7) is 1.06. The molecule has 5 nitrogen and oxygen atoms in total. The minimum absolute atomic E-state index is 0.316. The van der Waals surface area contributed by atoms with Gasteiger partial charge in [0.1, 0.15) is 0 Å². The maximum atomic E-state index is 11.6. The zero-order valence-electron chi connectivity index (χ0n) is 13.2. The van der Waals surface area contributed by atoms with E-state index >= 15 is 0 Å². The molecule has 4 N–H and O–H groups in total. The molecule has 0 aromatic heterocycles. The fraction of sp³-hybridized carbons (Fsp3) is 0.933. The van der Waals surface area contributed by atoms with Crippen LogP contribution in [-0.4, -0.2) is 60.5 Å². The van der Waals surface area contributed by atoms with Crippen LogP contribution in [0.15, 0.2) is 0 Å². The van der Waals surface area contributed by atoms with Crippen LogP contribution in [0.4, 0.5) is 0 Å². The second-order valence-corrected chi connectivity index (χ2v) is 7.16. The van der Waals surface area contributed by atoms with Crippen molar-refractivity contribution in [2.75, 3.05) is 27.7 Å². The molecule has 2 aliphatic carbocycles. The highest BCUT2D eigenvalue weighted by Crippen LogP contribution is 2.38. The molecule has 2 atom stereocenters. The van der Waals surface area contributed by atoms with Gasteiger partial charge in [0.2, 0.25) is 5.91 Å². The van der Waals surface area contributed by atoms with Gasteiger partial charge in [-0.15, -0.1) is 0 Å². The maximum absolute atomic E-state index is 11.6. The first-order valence-electron chi connectivity index (χ1n) is 7.76. The van der Waals surface area contributed by atoms with Crippen molar-refractivity contribution in [1.82, 2.24) is 9.80 Å². The van der Waals surface area contributed by atoms with E-state index in [0.29, 0.717) is 18.0 Å². The lowest BCUT2D eigenvalue weighted by atomic mass is 9.74. The normalized spacial score (nSPS) is 33.2. The number of amides is 1. The Morgan fingerprint density at radius 1 is 1.20 bits per heavy atom. The Labute approximate surface area is 122 Å². The van der Waals surface area contributed by atoms with E-state index < -0.39 is 5.54 Å². The summed E-state index contributed by atoms with van der Waals surface area (Å²) in [6, 6.07) is 0.374. The Morgan fingerprint density at radius 3 is 2.30 bits per heavy atom. The van der Waals surface area contributed by atoms with Gasteiger partial charge in [-0.2, -0.15) is 0 Å². The molecule has 0 heterocycles. The summed E-state index contributed by atoms with van der Waals surface area (Å²) in [4.78, 5) is 16.3. The van der Waals surface area contributed by atoms with Crippen LogP contribution in [0, 0.1) is 0 Å². The minimum atomic E-state index is -0.804. The van der Waals surface area contributed by atoms with Gasteiger partial charge < -0.3 is 21.3 Å². The van der Waals surface area contributed by atoms with Crippen molar-refractivity contribution in [3.63, 3.8) is 0 Å². The molecule has 5 heteroatoms. The van der Waals surface area contributed by atoms with Gasteiger partial charge in [-0.25, -0.2) is 0 Å². The SMILES string of the molecule is CN(CC1(N(C)C)CCC1)C1CCCC(N)(C(N)=O)C1. The van der Waals surface area contributed by atoms with E-state index in [1.54, 1.807) is 0 Å². The molecule has 0 aromatic rings. The predicted octanol–water partition coefficient (Wildman–Crippen LogP) is 0.528. The third kappa shape index (κ3) is 2.85. The zero-order chi connectivity index (χ0) is 15.0. The van der Waals surface area contributed by atoms with Crippen molar-refractivity contribution >= 4 is 5.91 Å². The van der Waals surface area contributed by atoms with Crippen molar-refractivity contribution in [1.29, 1.82) is 0 Å².